The van der Waals surface area contributed by atoms with Crippen molar-refractivity contribution in [3.8, 4) is 0 Å². The third-order valence-corrected chi connectivity index (χ3v) is 4.33. The third kappa shape index (κ3) is 3.58. The lowest BCUT2D eigenvalue weighted by molar-refractivity contribution is -0.170. The maximum atomic E-state index is 12.3. The maximum Gasteiger partial charge on any atom is 0.394 e. The molecule has 6 nitrogen and oxygen atoms in total. The molecule has 0 unspecified atom stereocenters. The first-order valence-corrected chi connectivity index (χ1v) is 7.88. The van der Waals surface area contributed by atoms with E-state index in [9.17, 15) is 14.4 Å². The number of hydrogen-bond acceptors (Lipinski definition) is 4. The molecule has 1 fully saturated rings. The summed E-state index contributed by atoms with van der Waals surface area (Å²) >= 11 is 0. The molecule has 1 aromatic rings. The van der Waals surface area contributed by atoms with Crippen LogP contribution in [0.15, 0.2) is 30.3 Å². The van der Waals surface area contributed by atoms with Crippen LogP contribution in [0.2, 0.25) is 0 Å². The van der Waals surface area contributed by atoms with Gasteiger partial charge in [-0.15, -0.1) is 0 Å². The Labute approximate surface area is 141 Å². The van der Waals surface area contributed by atoms with Crippen LogP contribution in [0.3, 0.4) is 0 Å². The van der Waals surface area contributed by atoms with Crippen molar-refractivity contribution in [2.45, 2.75) is 57.7 Å². The van der Waals surface area contributed by atoms with Crippen molar-refractivity contribution in [2.75, 3.05) is 0 Å². The SMILES string of the molecule is CC1(C)CC(OC(=O)c2ccccc2)CC(C)(C)N1C(=O)C(=O)O. The highest BCUT2D eigenvalue weighted by atomic mass is 16.5. The lowest BCUT2D eigenvalue weighted by Crippen LogP contribution is -2.65. The van der Waals surface area contributed by atoms with E-state index >= 15 is 0 Å². The Morgan fingerprint density at radius 3 is 2.00 bits per heavy atom. The molecule has 0 aromatic heterocycles. The molecule has 130 valence electrons. The number of aliphatic carboxylic acids is 1. The van der Waals surface area contributed by atoms with Gasteiger partial charge < -0.3 is 14.7 Å². The van der Waals surface area contributed by atoms with Gasteiger partial charge in [0.15, 0.2) is 0 Å². The number of benzene rings is 1. The van der Waals surface area contributed by atoms with Crippen molar-refractivity contribution in [2.24, 2.45) is 0 Å². The van der Waals surface area contributed by atoms with Crippen molar-refractivity contribution in [1.29, 1.82) is 0 Å². The van der Waals surface area contributed by atoms with E-state index in [1.165, 1.54) is 4.90 Å². The minimum atomic E-state index is -1.48. The topological polar surface area (TPSA) is 83.9 Å². The van der Waals surface area contributed by atoms with Crippen LogP contribution in [0.5, 0.6) is 0 Å². The van der Waals surface area contributed by atoms with Gasteiger partial charge in [-0.25, -0.2) is 9.59 Å². The average molecular weight is 333 g/mol. The molecule has 0 bridgehead atoms. The zero-order chi connectivity index (χ0) is 18.1. The van der Waals surface area contributed by atoms with Crippen LogP contribution in [0, 0.1) is 0 Å². The van der Waals surface area contributed by atoms with E-state index in [1.807, 2.05) is 6.07 Å². The molecule has 0 radical (unpaired) electrons. The number of hydrogen-bond donors (Lipinski definition) is 1. The first-order valence-electron chi connectivity index (χ1n) is 7.88. The minimum absolute atomic E-state index is 0.383. The second kappa shape index (κ2) is 6.26. The van der Waals surface area contributed by atoms with Gasteiger partial charge in [-0.05, 0) is 39.8 Å². The Morgan fingerprint density at radius 2 is 1.54 bits per heavy atom. The number of rotatable bonds is 2. The smallest absolute Gasteiger partial charge is 0.394 e. The summed E-state index contributed by atoms with van der Waals surface area (Å²) in [6, 6.07) is 8.71. The molecule has 1 N–H and O–H groups in total. The molecule has 0 atom stereocenters. The molecular weight excluding hydrogens is 310 g/mol. The van der Waals surface area contributed by atoms with Crippen molar-refractivity contribution in [3.63, 3.8) is 0 Å². The summed E-state index contributed by atoms with van der Waals surface area (Å²) < 4.78 is 5.61. The number of likely N-dealkylation sites (tertiary alicyclic amines) is 1. The van der Waals surface area contributed by atoms with Crippen molar-refractivity contribution in [3.05, 3.63) is 35.9 Å². The summed E-state index contributed by atoms with van der Waals surface area (Å²) in [6.07, 6.45) is 0.378. The largest absolute Gasteiger partial charge is 0.474 e. The summed E-state index contributed by atoms with van der Waals surface area (Å²) in [5.41, 5.74) is -1.00. The third-order valence-electron chi connectivity index (χ3n) is 4.33. The van der Waals surface area contributed by atoms with E-state index in [-0.39, 0.29) is 6.10 Å². The van der Waals surface area contributed by atoms with E-state index in [2.05, 4.69) is 0 Å². The first kappa shape index (κ1) is 18.0. The number of nitrogens with zero attached hydrogens (tertiary/aromatic N) is 1. The van der Waals surface area contributed by atoms with E-state index in [0.717, 1.165) is 0 Å². The Balaban J connectivity index is 2.19. The Hall–Kier alpha value is -2.37. The number of ether oxygens (including phenoxy) is 1. The molecule has 1 aliphatic heterocycles. The van der Waals surface area contributed by atoms with Gasteiger partial charge >= 0.3 is 17.8 Å². The number of piperidine rings is 1. The molecule has 24 heavy (non-hydrogen) atoms. The lowest BCUT2D eigenvalue weighted by Gasteiger charge is -2.54. The molecule has 1 aromatic carbocycles. The monoisotopic (exact) mass is 333 g/mol. The van der Waals surface area contributed by atoms with Crippen molar-refractivity contribution >= 4 is 17.8 Å². The summed E-state index contributed by atoms with van der Waals surface area (Å²) in [5, 5.41) is 9.08. The van der Waals surface area contributed by atoms with Crippen LogP contribution >= 0.6 is 0 Å². The number of carbonyl (C=O) groups excluding carboxylic acids is 2. The Morgan fingerprint density at radius 1 is 1.04 bits per heavy atom. The van der Waals surface area contributed by atoms with Crippen LogP contribution in [0.25, 0.3) is 0 Å². The van der Waals surface area contributed by atoms with Gasteiger partial charge in [-0.3, -0.25) is 4.79 Å². The fraction of sp³-hybridized carbons (Fsp3) is 0.500. The summed E-state index contributed by atoms with van der Waals surface area (Å²) in [4.78, 5) is 36.9. The highest BCUT2D eigenvalue weighted by Crippen LogP contribution is 2.39. The Kier molecular flexibility index (Phi) is 4.69. The zero-order valence-electron chi connectivity index (χ0n) is 14.4. The highest BCUT2D eigenvalue weighted by molar-refractivity contribution is 6.31. The summed E-state index contributed by atoms with van der Waals surface area (Å²) in [7, 11) is 0. The minimum Gasteiger partial charge on any atom is -0.474 e. The van der Waals surface area contributed by atoms with Gasteiger partial charge in [-0.1, -0.05) is 18.2 Å². The fourth-order valence-corrected chi connectivity index (χ4v) is 3.71. The molecule has 0 aliphatic carbocycles. The van der Waals surface area contributed by atoms with Gasteiger partial charge in [0.1, 0.15) is 6.10 Å². The fourth-order valence-electron chi connectivity index (χ4n) is 3.71. The van der Waals surface area contributed by atoms with Crippen LogP contribution in [-0.2, 0) is 14.3 Å². The lowest BCUT2D eigenvalue weighted by atomic mass is 9.78. The first-order chi connectivity index (χ1) is 11.0. The van der Waals surface area contributed by atoms with E-state index in [0.29, 0.717) is 18.4 Å². The van der Waals surface area contributed by atoms with Crippen LogP contribution in [0.1, 0.15) is 50.9 Å². The van der Waals surface area contributed by atoms with Gasteiger partial charge in [0.05, 0.1) is 5.56 Å². The molecule has 1 heterocycles. The van der Waals surface area contributed by atoms with E-state index in [4.69, 9.17) is 9.84 Å². The average Bonchev–Trinajstić information content (AvgIpc) is 2.45. The highest BCUT2D eigenvalue weighted by Gasteiger charge is 2.50. The molecule has 1 aliphatic rings. The molecular formula is C18H23NO5. The second-order valence-corrected chi connectivity index (χ2v) is 7.37. The number of carboxylic acid groups (broad SMARTS) is 1. The molecule has 2 rings (SSSR count). The van der Waals surface area contributed by atoms with Gasteiger partial charge in [0.25, 0.3) is 0 Å². The van der Waals surface area contributed by atoms with Crippen LogP contribution < -0.4 is 0 Å². The maximum absolute atomic E-state index is 12.3. The van der Waals surface area contributed by atoms with Gasteiger partial charge in [-0.2, -0.15) is 0 Å². The normalized spacial score (nSPS) is 19.6. The van der Waals surface area contributed by atoms with Crippen molar-refractivity contribution < 1.29 is 24.2 Å². The van der Waals surface area contributed by atoms with Crippen LogP contribution in [0.4, 0.5) is 0 Å². The molecule has 0 spiro atoms. The molecule has 1 saturated heterocycles. The number of esters is 1. The summed E-state index contributed by atoms with van der Waals surface area (Å²) in [5.74, 6) is -2.82. The van der Waals surface area contributed by atoms with Crippen molar-refractivity contribution in [1.82, 2.24) is 4.90 Å². The molecule has 1 amide bonds. The quantitative estimate of drug-likeness (QED) is 0.664. The summed E-state index contributed by atoms with van der Waals surface area (Å²) in [6.45, 7) is 7.16. The standard InChI is InChI=1S/C18H23NO5/c1-17(2)10-13(24-16(23)12-8-6-5-7-9-12)11-18(3,4)19(17)14(20)15(21)22/h5-9,13H,10-11H2,1-4H3,(H,21,22). The second-order valence-electron chi connectivity index (χ2n) is 7.37. The van der Waals surface area contributed by atoms with Gasteiger partial charge in [0, 0.05) is 23.9 Å². The Bertz CT molecular complexity index is 633. The van der Waals surface area contributed by atoms with E-state index in [1.54, 1.807) is 52.0 Å². The number of carbonyl (C=O) groups is 3. The predicted octanol–water partition coefficient (Wildman–Crippen LogP) is 2.48. The van der Waals surface area contributed by atoms with Gasteiger partial charge in [0.2, 0.25) is 0 Å². The number of carboxylic acids is 1. The molecule has 6 heteroatoms. The number of amides is 1. The molecule has 0 saturated carbocycles. The van der Waals surface area contributed by atoms with Crippen LogP contribution in [-0.4, -0.2) is 45.0 Å². The zero-order valence-corrected chi connectivity index (χ0v) is 14.4. The van der Waals surface area contributed by atoms with E-state index < -0.39 is 28.9 Å². The predicted molar refractivity (Wildman–Crippen MR) is 87.5 cm³/mol.